The summed E-state index contributed by atoms with van der Waals surface area (Å²) >= 11 is 1.57. The largest absolute Gasteiger partial charge is 0.421 e. The first-order chi connectivity index (χ1) is 15.1. The van der Waals surface area contributed by atoms with Crippen LogP contribution in [0, 0.1) is 0 Å². The monoisotopic (exact) mass is 468 g/mol. The van der Waals surface area contributed by atoms with Gasteiger partial charge in [0, 0.05) is 36.3 Å². The first-order valence-corrected chi connectivity index (χ1v) is 11.6. The molecule has 1 atom stereocenters. The van der Waals surface area contributed by atoms with E-state index in [1.807, 2.05) is 10.3 Å². The standard InChI is InChI=1S/C23H27F3N2O3S/c1-21(30,23(24,25)26)16-5-3-15(4-6-16)19(29)28(17-7-8-17)18-9-11-22(31-2,12-10-18)20-27-13-14-32-20/h3-6,13-14,17-18,30H,7-12H2,1-2H3/t18-,21-,22+/m0/s1. The number of carbonyl (C=O) groups excluding carboxylic acids is 1. The van der Waals surface area contributed by atoms with E-state index in [1.54, 1.807) is 24.6 Å². The van der Waals surface area contributed by atoms with E-state index < -0.39 is 17.4 Å². The summed E-state index contributed by atoms with van der Waals surface area (Å²) in [4.78, 5) is 19.7. The quantitative estimate of drug-likeness (QED) is 0.648. The van der Waals surface area contributed by atoms with Crippen LogP contribution in [0.5, 0.6) is 0 Å². The Morgan fingerprint density at radius 3 is 2.22 bits per heavy atom. The van der Waals surface area contributed by atoms with Gasteiger partial charge in [0.2, 0.25) is 0 Å². The summed E-state index contributed by atoms with van der Waals surface area (Å²) in [6, 6.07) is 5.35. The molecule has 0 radical (unpaired) electrons. The minimum Gasteiger partial charge on any atom is -0.376 e. The van der Waals surface area contributed by atoms with E-state index in [2.05, 4.69) is 4.98 Å². The smallest absolute Gasteiger partial charge is 0.376 e. The second-order valence-electron chi connectivity index (χ2n) is 8.86. The number of nitrogens with zero attached hydrogens (tertiary/aromatic N) is 2. The van der Waals surface area contributed by atoms with E-state index in [1.165, 1.54) is 24.3 Å². The molecule has 0 spiro atoms. The van der Waals surface area contributed by atoms with Gasteiger partial charge in [-0.2, -0.15) is 13.2 Å². The molecule has 1 N–H and O–H groups in total. The zero-order valence-corrected chi connectivity index (χ0v) is 18.9. The molecular weight excluding hydrogens is 441 g/mol. The minimum atomic E-state index is -4.80. The summed E-state index contributed by atoms with van der Waals surface area (Å²) < 4.78 is 45.2. The molecule has 1 aromatic carbocycles. The average Bonchev–Trinajstić information content (AvgIpc) is 3.44. The van der Waals surface area contributed by atoms with Crippen LogP contribution in [-0.4, -0.2) is 46.3 Å². The van der Waals surface area contributed by atoms with E-state index in [-0.39, 0.29) is 23.6 Å². The van der Waals surface area contributed by atoms with E-state index in [4.69, 9.17) is 4.74 Å². The Kier molecular flexibility index (Phi) is 6.11. The lowest BCUT2D eigenvalue weighted by Gasteiger charge is -2.42. The molecule has 2 fully saturated rings. The number of hydrogen-bond acceptors (Lipinski definition) is 5. The summed E-state index contributed by atoms with van der Waals surface area (Å²) in [5.41, 5.74) is -3.34. The molecule has 1 aromatic heterocycles. The van der Waals surface area contributed by atoms with Crippen molar-refractivity contribution in [3.63, 3.8) is 0 Å². The van der Waals surface area contributed by atoms with Crippen LogP contribution in [0.2, 0.25) is 0 Å². The third kappa shape index (κ3) is 4.18. The summed E-state index contributed by atoms with van der Waals surface area (Å²) in [5, 5.41) is 12.8. The van der Waals surface area contributed by atoms with Crippen LogP contribution in [0.4, 0.5) is 13.2 Å². The highest BCUT2D eigenvalue weighted by molar-refractivity contribution is 7.09. The molecule has 9 heteroatoms. The zero-order valence-electron chi connectivity index (χ0n) is 18.1. The number of rotatable bonds is 6. The van der Waals surface area contributed by atoms with Gasteiger partial charge in [0.15, 0.2) is 5.60 Å². The number of halogens is 3. The molecule has 1 heterocycles. The Bertz CT molecular complexity index is 932. The summed E-state index contributed by atoms with van der Waals surface area (Å²) in [5.74, 6) is -0.171. The van der Waals surface area contributed by atoms with Crippen LogP contribution in [0.1, 0.15) is 66.4 Å². The number of alkyl halides is 3. The average molecular weight is 469 g/mol. The number of amides is 1. The van der Waals surface area contributed by atoms with Crippen molar-refractivity contribution in [1.29, 1.82) is 0 Å². The number of thiazole rings is 1. The maximum absolute atomic E-state index is 13.3. The lowest BCUT2D eigenvalue weighted by molar-refractivity contribution is -0.258. The van der Waals surface area contributed by atoms with Crippen molar-refractivity contribution in [2.24, 2.45) is 0 Å². The Labute approximate surface area is 189 Å². The van der Waals surface area contributed by atoms with Crippen LogP contribution in [0.25, 0.3) is 0 Å². The van der Waals surface area contributed by atoms with Crippen molar-refractivity contribution in [1.82, 2.24) is 9.88 Å². The molecule has 174 valence electrons. The van der Waals surface area contributed by atoms with E-state index >= 15 is 0 Å². The molecule has 0 aliphatic heterocycles. The summed E-state index contributed by atoms with van der Waals surface area (Å²) in [7, 11) is 1.70. The second kappa shape index (κ2) is 8.43. The molecule has 2 aliphatic carbocycles. The lowest BCUT2D eigenvalue weighted by atomic mass is 9.81. The minimum absolute atomic E-state index is 0.0520. The first kappa shape index (κ1) is 23.2. The highest BCUT2D eigenvalue weighted by Gasteiger charge is 2.51. The van der Waals surface area contributed by atoms with Crippen molar-refractivity contribution in [2.45, 2.75) is 74.9 Å². The Morgan fingerprint density at radius 2 is 1.75 bits per heavy atom. The fourth-order valence-corrected chi connectivity index (χ4v) is 5.41. The molecule has 4 rings (SSSR count). The van der Waals surface area contributed by atoms with Crippen molar-refractivity contribution in [3.8, 4) is 0 Å². The van der Waals surface area contributed by atoms with Crippen molar-refractivity contribution in [3.05, 3.63) is 52.0 Å². The topological polar surface area (TPSA) is 62.7 Å². The normalized spacial score (nSPS) is 25.9. The van der Waals surface area contributed by atoms with E-state index in [0.717, 1.165) is 43.5 Å². The van der Waals surface area contributed by atoms with Crippen LogP contribution in [0.15, 0.2) is 35.8 Å². The van der Waals surface area contributed by atoms with E-state index in [0.29, 0.717) is 12.5 Å². The van der Waals surface area contributed by atoms with Gasteiger partial charge in [0.1, 0.15) is 10.6 Å². The molecule has 2 saturated carbocycles. The first-order valence-electron chi connectivity index (χ1n) is 10.8. The van der Waals surface area contributed by atoms with Gasteiger partial charge < -0.3 is 14.7 Å². The molecule has 0 bridgehead atoms. The van der Waals surface area contributed by atoms with Gasteiger partial charge >= 0.3 is 6.18 Å². The highest BCUT2D eigenvalue weighted by atomic mass is 32.1. The van der Waals surface area contributed by atoms with Crippen LogP contribution >= 0.6 is 11.3 Å². The molecule has 0 unspecified atom stereocenters. The van der Waals surface area contributed by atoms with Gasteiger partial charge in [-0.3, -0.25) is 4.79 Å². The Balaban J connectivity index is 1.50. The van der Waals surface area contributed by atoms with Crippen LogP contribution in [-0.2, 0) is 15.9 Å². The number of carbonyl (C=O) groups is 1. The van der Waals surface area contributed by atoms with Crippen molar-refractivity contribution >= 4 is 17.2 Å². The zero-order chi connectivity index (χ0) is 23.1. The van der Waals surface area contributed by atoms with Gasteiger partial charge in [-0.1, -0.05) is 12.1 Å². The Morgan fingerprint density at radius 1 is 1.16 bits per heavy atom. The Hall–Kier alpha value is -1.97. The van der Waals surface area contributed by atoms with Gasteiger partial charge in [-0.15, -0.1) is 11.3 Å². The maximum atomic E-state index is 13.3. The fraction of sp³-hybridized carbons (Fsp3) is 0.565. The molecule has 32 heavy (non-hydrogen) atoms. The predicted octanol–water partition coefficient (Wildman–Crippen LogP) is 5.00. The van der Waals surface area contributed by atoms with Gasteiger partial charge in [0.05, 0.1) is 0 Å². The molecule has 0 saturated heterocycles. The molecule has 5 nitrogen and oxygen atoms in total. The third-order valence-electron chi connectivity index (χ3n) is 6.79. The number of aliphatic hydroxyl groups is 1. The van der Waals surface area contributed by atoms with Crippen molar-refractivity contribution in [2.75, 3.05) is 7.11 Å². The fourth-order valence-electron chi connectivity index (χ4n) is 4.53. The van der Waals surface area contributed by atoms with E-state index in [9.17, 15) is 23.1 Å². The molecule has 2 aromatic rings. The summed E-state index contributed by atoms with van der Waals surface area (Å²) in [6.07, 6.45) is 1.90. The van der Waals surface area contributed by atoms with Crippen LogP contribution in [0.3, 0.4) is 0 Å². The van der Waals surface area contributed by atoms with Gasteiger partial charge in [-0.05, 0) is 63.1 Å². The number of methoxy groups -OCH3 is 1. The van der Waals surface area contributed by atoms with Crippen molar-refractivity contribution < 1.29 is 27.8 Å². The SMILES string of the molecule is CO[C@]1(c2nccs2)CC[C@H](N(C(=O)c2ccc([C@](C)(O)C(F)(F)F)cc2)C2CC2)CC1. The number of aromatic nitrogens is 1. The molecular formula is C23H27F3N2O3S. The highest BCUT2D eigenvalue weighted by Crippen LogP contribution is 2.44. The predicted molar refractivity (Wildman–Crippen MR) is 114 cm³/mol. The number of ether oxygens (including phenoxy) is 1. The van der Waals surface area contributed by atoms with Crippen LogP contribution < -0.4 is 0 Å². The lowest BCUT2D eigenvalue weighted by Crippen LogP contribution is -2.47. The van der Waals surface area contributed by atoms with Gasteiger partial charge in [0.25, 0.3) is 5.91 Å². The molecule has 2 aliphatic rings. The second-order valence-corrected chi connectivity index (χ2v) is 9.75. The number of hydrogen-bond donors (Lipinski definition) is 1. The molecule has 1 amide bonds. The van der Waals surface area contributed by atoms with Gasteiger partial charge in [-0.25, -0.2) is 4.98 Å². The summed E-state index contributed by atoms with van der Waals surface area (Å²) in [6.45, 7) is 0.715. The third-order valence-corrected chi connectivity index (χ3v) is 7.75. The number of benzene rings is 1. The maximum Gasteiger partial charge on any atom is 0.421 e.